The summed E-state index contributed by atoms with van der Waals surface area (Å²) in [4.78, 5) is 0. The molecule has 1 N–H and O–H groups in total. The fourth-order valence-corrected chi connectivity index (χ4v) is 1.25. The molecule has 4 heteroatoms. The number of halogens is 1. The second-order valence-electron chi connectivity index (χ2n) is 2.95. The molecule has 0 unspecified atom stereocenters. The van der Waals surface area contributed by atoms with Gasteiger partial charge in [0.2, 0.25) is 0 Å². The normalized spacial score (nSPS) is 11.0. The lowest BCUT2D eigenvalue weighted by Crippen LogP contribution is -1.76. The van der Waals surface area contributed by atoms with E-state index >= 15 is 0 Å². The van der Waals surface area contributed by atoms with Gasteiger partial charge in [-0.05, 0) is 36.4 Å². The zero-order chi connectivity index (χ0) is 10.7. The lowest BCUT2D eigenvalue weighted by atomic mass is 10.2. The number of rotatable bonds is 2. The van der Waals surface area contributed by atoms with E-state index in [4.69, 9.17) is 9.62 Å². The smallest absolute Gasteiger partial charge is 0.149 e. The van der Waals surface area contributed by atoms with Gasteiger partial charge < -0.3 is 9.62 Å². The molecular formula is C11H8FNO2. The lowest BCUT2D eigenvalue weighted by Gasteiger charge is -1.95. The molecule has 2 rings (SSSR count). The summed E-state index contributed by atoms with van der Waals surface area (Å²) in [5.74, 6) is 0.754. The Balaban J connectivity index is 2.33. The van der Waals surface area contributed by atoms with E-state index < -0.39 is 0 Å². The van der Waals surface area contributed by atoms with E-state index in [0.717, 1.165) is 5.56 Å². The van der Waals surface area contributed by atoms with Gasteiger partial charge in [-0.2, -0.15) is 0 Å². The molecule has 76 valence electrons. The first kappa shape index (κ1) is 9.45. The van der Waals surface area contributed by atoms with Gasteiger partial charge in [-0.3, -0.25) is 0 Å². The predicted octanol–water partition coefficient (Wildman–Crippen LogP) is 2.89. The highest BCUT2D eigenvalue weighted by molar-refractivity contribution is 5.76. The highest BCUT2D eigenvalue weighted by Crippen LogP contribution is 2.21. The molecule has 0 bridgehead atoms. The molecular weight excluding hydrogens is 197 g/mol. The van der Waals surface area contributed by atoms with Gasteiger partial charge in [0, 0.05) is 5.56 Å². The van der Waals surface area contributed by atoms with Crippen molar-refractivity contribution < 1.29 is 14.0 Å². The monoisotopic (exact) mass is 205 g/mol. The maximum atomic E-state index is 12.6. The first-order valence-electron chi connectivity index (χ1n) is 4.33. The summed E-state index contributed by atoms with van der Waals surface area (Å²) >= 11 is 0. The van der Waals surface area contributed by atoms with E-state index in [1.165, 1.54) is 18.3 Å². The fraction of sp³-hybridized carbons (Fsp3) is 0. The Labute approximate surface area is 85.5 Å². The molecule has 0 atom stereocenters. The molecule has 0 aliphatic carbocycles. The van der Waals surface area contributed by atoms with Crippen molar-refractivity contribution in [2.45, 2.75) is 0 Å². The van der Waals surface area contributed by atoms with Crippen molar-refractivity contribution in [2.24, 2.45) is 5.16 Å². The predicted molar refractivity (Wildman–Crippen MR) is 53.5 cm³/mol. The Kier molecular flexibility index (Phi) is 2.49. The van der Waals surface area contributed by atoms with Crippen LogP contribution in [0.3, 0.4) is 0 Å². The van der Waals surface area contributed by atoms with E-state index in [9.17, 15) is 4.39 Å². The van der Waals surface area contributed by atoms with Crippen LogP contribution in [0.1, 0.15) is 5.76 Å². The van der Waals surface area contributed by atoms with Gasteiger partial charge in [0.15, 0.2) is 0 Å². The van der Waals surface area contributed by atoms with Crippen LogP contribution < -0.4 is 0 Å². The van der Waals surface area contributed by atoms with E-state index in [1.807, 2.05) is 0 Å². The number of nitrogens with zero attached hydrogens (tertiary/aromatic N) is 1. The highest BCUT2D eigenvalue weighted by atomic mass is 19.1. The highest BCUT2D eigenvalue weighted by Gasteiger charge is 2.03. The first-order chi connectivity index (χ1) is 7.29. The Hall–Kier alpha value is -2.10. The molecule has 1 aromatic carbocycles. The maximum Gasteiger partial charge on any atom is 0.149 e. The number of furan rings is 1. The molecule has 0 aliphatic heterocycles. The second-order valence-corrected chi connectivity index (χ2v) is 2.95. The molecule has 3 nitrogen and oxygen atoms in total. The van der Waals surface area contributed by atoms with Crippen LogP contribution in [0.5, 0.6) is 0 Å². The number of benzene rings is 1. The topological polar surface area (TPSA) is 45.7 Å². The minimum atomic E-state index is -0.289. The fourth-order valence-electron chi connectivity index (χ4n) is 1.25. The summed E-state index contributed by atoms with van der Waals surface area (Å²) in [5, 5.41) is 11.1. The number of hydrogen-bond acceptors (Lipinski definition) is 3. The van der Waals surface area contributed by atoms with Crippen LogP contribution in [-0.2, 0) is 0 Å². The minimum Gasteiger partial charge on any atom is -0.455 e. The van der Waals surface area contributed by atoms with Gasteiger partial charge >= 0.3 is 0 Å². The van der Waals surface area contributed by atoms with Crippen LogP contribution >= 0.6 is 0 Å². The van der Waals surface area contributed by atoms with Crippen molar-refractivity contribution in [1.29, 1.82) is 0 Å². The van der Waals surface area contributed by atoms with Gasteiger partial charge in [-0.25, -0.2) is 4.39 Å². The molecule has 0 saturated carbocycles. The Morgan fingerprint density at radius 2 is 1.87 bits per heavy atom. The second kappa shape index (κ2) is 3.96. The van der Waals surface area contributed by atoms with Crippen LogP contribution in [-0.4, -0.2) is 11.4 Å². The summed E-state index contributed by atoms with van der Waals surface area (Å²) in [6.45, 7) is 0. The molecule has 1 heterocycles. The molecule has 0 amide bonds. The zero-order valence-corrected chi connectivity index (χ0v) is 7.72. The SMILES string of the molecule is ON=Cc1ccc(-c2ccc(F)cc2)o1. The average molecular weight is 205 g/mol. The van der Waals surface area contributed by atoms with E-state index in [1.54, 1.807) is 24.3 Å². The summed E-state index contributed by atoms with van der Waals surface area (Å²) in [6, 6.07) is 9.35. The zero-order valence-electron chi connectivity index (χ0n) is 7.72. The molecule has 15 heavy (non-hydrogen) atoms. The van der Waals surface area contributed by atoms with Crippen molar-refractivity contribution in [2.75, 3.05) is 0 Å². The van der Waals surface area contributed by atoms with E-state index in [2.05, 4.69) is 5.16 Å². The summed E-state index contributed by atoms with van der Waals surface area (Å²) in [7, 11) is 0. The lowest BCUT2D eigenvalue weighted by molar-refractivity contribution is 0.321. The Morgan fingerprint density at radius 1 is 1.13 bits per heavy atom. The van der Waals surface area contributed by atoms with Gasteiger partial charge in [0.05, 0.1) is 0 Å². The van der Waals surface area contributed by atoms with Crippen LogP contribution in [0.2, 0.25) is 0 Å². The van der Waals surface area contributed by atoms with Gasteiger partial charge in [0.25, 0.3) is 0 Å². The van der Waals surface area contributed by atoms with E-state index in [-0.39, 0.29) is 5.82 Å². The van der Waals surface area contributed by atoms with Crippen LogP contribution in [0.4, 0.5) is 4.39 Å². The summed E-state index contributed by atoms with van der Waals surface area (Å²) in [6.07, 6.45) is 1.19. The molecule has 1 aromatic heterocycles. The molecule has 2 aromatic rings. The summed E-state index contributed by atoms with van der Waals surface area (Å²) in [5.41, 5.74) is 0.772. The maximum absolute atomic E-state index is 12.6. The molecule has 0 radical (unpaired) electrons. The van der Waals surface area contributed by atoms with Gasteiger partial charge in [-0.1, -0.05) is 5.16 Å². The van der Waals surface area contributed by atoms with Gasteiger partial charge in [0.1, 0.15) is 23.6 Å². The molecule has 0 aliphatic rings. The van der Waals surface area contributed by atoms with Crippen molar-refractivity contribution in [3.05, 3.63) is 48.0 Å². The van der Waals surface area contributed by atoms with Crippen molar-refractivity contribution in [3.8, 4) is 11.3 Å². The number of oxime groups is 1. The Morgan fingerprint density at radius 3 is 2.53 bits per heavy atom. The van der Waals surface area contributed by atoms with Crippen LogP contribution in [0.15, 0.2) is 46.0 Å². The van der Waals surface area contributed by atoms with Crippen LogP contribution in [0.25, 0.3) is 11.3 Å². The number of hydrogen-bond donors (Lipinski definition) is 1. The molecule has 0 fully saturated rings. The van der Waals surface area contributed by atoms with Gasteiger partial charge in [-0.15, -0.1) is 0 Å². The minimum absolute atomic E-state index is 0.289. The van der Waals surface area contributed by atoms with Crippen molar-refractivity contribution >= 4 is 6.21 Å². The largest absolute Gasteiger partial charge is 0.455 e. The van der Waals surface area contributed by atoms with E-state index in [0.29, 0.717) is 11.5 Å². The van der Waals surface area contributed by atoms with Crippen LogP contribution in [0, 0.1) is 5.82 Å². The third-order valence-corrected chi connectivity index (χ3v) is 1.94. The quantitative estimate of drug-likeness (QED) is 0.465. The molecule has 0 spiro atoms. The third-order valence-electron chi connectivity index (χ3n) is 1.94. The third kappa shape index (κ3) is 2.04. The average Bonchev–Trinajstić information content (AvgIpc) is 2.68. The molecule has 0 saturated heterocycles. The first-order valence-corrected chi connectivity index (χ1v) is 4.33. The Bertz CT molecular complexity index is 474. The summed E-state index contributed by atoms with van der Waals surface area (Å²) < 4.78 is 18.0. The van der Waals surface area contributed by atoms with Crippen molar-refractivity contribution in [1.82, 2.24) is 0 Å². The standard InChI is InChI=1S/C11H8FNO2/c12-9-3-1-8(2-4-9)11-6-5-10(15-11)7-13-14/h1-7,14H. The van der Waals surface area contributed by atoms with Crippen molar-refractivity contribution in [3.63, 3.8) is 0 Å².